The van der Waals surface area contributed by atoms with Crippen molar-refractivity contribution < 1.29 is 14.3 Å². The van der Waals surface area contributed by atoms with Crippen LogP contribution in [0.25, 0.3) is 0 Å². The second kappa shape index (κ2) is 5.18. The minimum absolute atomic E-state index is 0.0679. The standard InChI is InChI=1S/C11H16N2O4/c1-2-17-11(15)9-7-12-13(10(9)14)8-3-5-16-6-4-8/h7-8,12H,2-6H2,1H3. The van der Waals surface area contributed by atoms with E-state index in [-0.39, 0.29) is 23.8 Å². The molecular weight excluding hydrogens is 224 g/mol. The molecule has 0 bridgehead atoms. The molecule has 0 aliphatic carbocycles. The van der Waals surface area contributed by atoms with Crippen LogP contribution in [0.4, 0.5) is 0 Å². The highest BCUT2D eigenvalue weighted by atomic mass is 16.5. The molecule has 1 N–H and O–H groups in total. The summed E-state index contributed by atoms with van der Waals surface area (Å²) >= 11 is 0. The molecule has 0 unspecified atom stereocenters. The summed E-state index contributed by atoms with van der Waals surface area (Å²) in [7, 11) is 0. The van der Waals surface area contributed by atoms with Crippen molar-refractivity contribution in [1.82, 2.24) is 9.78 Å². The zero-order valence-electron chi connectivity index (χ0n) is 9.77. The molecule has 1 aliphatic heterocycles. The van der Waals surface area contributed by atoms with Gasteiger partial charge in [0.2, 0.25) is 0 Å². The third-order valence-corrected chi connectivity index (χ3v) is 2.85. The van der Waals surface area contributed by atoms with Crippen molar-refractivity contribution in [2.24, 2.45) is 0 Å². The first-order valence-corrected chi connectivity index (χ1v) is 5.78. The van der Waals surface area contributed by atoms with Gasteiger partial charge in [0.05, 0.1) is 12.6 Å². The van der Waals surface area contributed by atoms with Crippen molar-refractivity contribution >= 4 is 5.97 Å². The zero-order valence-corrected chi connectivity index (χ0v) is 9.77. The number of nitrogens with zero attached hydrogens (tertiary/aromatic N) is 1. The van der Waals surface area contributed by atoms with Gasteiger partial charge >= 0.3 is 5.97 Å². The molecule has 0 amide bonds. The largest absolute Gasteiger partial charge is 0.462 e. The van der Waals surface area contributed by atoms with Crippen LogP contribution in [0.5, 0.6) is 0 Å². The predicted octanol–water partition coefficient (Wildman–Crippen LogP) is 0.705. The first kappa shape index (κ1) is 11.9. The molecular formula is C11H16N2O4. The number of rotatable bonds is 3. The molecule has 6 nitrogen and oxygen atoms in total. The van der Waals surface area contributed by atoms with Gasteiger partial charge < -0.3 is 14.6 Å². The fraction of sp³-hybridized carbons (Fsp3) is 0.636. The Morgan fingerprint density at radius 3 is 2.94 bits per heavy atom. The lowest BCUT2D eigenvalue weighted by molar-refractivity contribution is 0.0523. The van der Waals surface area contributed by atoms with E-state index < -0.39 is 5.97 Å². The third-order valence-electron chi connectivity index (χ3n) is 2.85. The van der Waals surface area contributed by atoms with Crippen molar-refractivity contribution in [3.05, 3.63) is 22.1 Å². The van der Waals surface area contributed by atoms with Crippen LogP contribution in [0.1, 0.15) is 36.2 Å². The van der Waals surface area contributed by atoms with Gasteiger partial charge in [0.1, 0.15) is 5.56 Å². The lowest BCUT2D eigenvalue weighted by Gasteiger charge is -2.22. The summed E-state index contributed by atoms with van der Waals surface area (Å²) in [5.41, 5.74) is -0.242. The van der Waals surface area contributed by atoms with Gasteiger partial charge in [-0.25, -0.2) is 9.48 Å². The minimum atomic E-state index is -0.570. The van der Waals surface area contributed by atoms with Gasteiger partial charge in [0, 0.05) is 19.4 Å². The number of esters is 1. The molecule has 0 saturated carbocycles. The Bertz CT molecular complexity index is 443. The molecule has 0 radical (unpaired) electrons. The smallest absolute Gasteiger partial charge is 0.345 e. The van der Waals surface area contributed by atoms with Crippen molar-refractivity contribution in [1.29, 1.82) is 0 Å². The molecule has 1 aliphatic rings. The van der Waals surface area contributed by atoms with Crippen molar-refractivity contribution in [3.63, 3.8) is 0 Å². The Balaban J connectivity index is 2.20. The Morgan fingerprint density at radius 1 is 1.59 bits per heavy atom. The van der Waals surface area contributed by atoms with E-state index in [1.54, 1.807) is 6.92 Å². The molecule has 0 aromatic carbocycles. The SMILES string of the molecule is CCOC(=O)c1c[nH]n(C2CCOCC2)c1=O. The van der Waals surface area contributed by atoms with Crippen LogP contribution in [-0.4, -0.2) is 35.6 Å². The highest BCUT2D eigenvalue weighted by molar-refractivity contribution is 5.88. The van der Waals surface area contributed by atoms with Gasteiger partial charge in [0.25, 0.3) is 5.56 Å². The Kier molecular flexibility index (Phi) is 3.63. The van der Waals surface area contributed by atoms with Crippen molar-refractivity contribution in [3.8, 4) is 0 Å². The Morgan fingerprint density at radius 2 is 2.29 bits per heavy atom. The van der Waals surface area contributed by atoms with Crippen molar-refractivity contribution in [2.45, 2.75) is 25.8 Å². The molecule has 1 aromatic rings. The summed E-state index contributed by atoms with van der Waals surface area (Å²) in [4.78, 5) is 23.5. The van der Waals surface area contributed by atoms with Crippen LogP contribution in [0.3, 0.4) is 0 Å². The highest BCUT2D eigenvalue weighted by Crippen LogP contribution is 2.18. The van der Waals surface area contributed by atoms with Crippen LogP contribution in [0.2, 0.25) is 0 Å². The fourth-order valence-electron chi connectivity index (χ4n) is 1.95. The van der Waals surface area contributed by atoms with Crippen LogP contribution in [0.15, 0.2) is 11.0 Å². The maximum atomic E-state index is 12.0. The van der Waals surface area contributed by atoms with E-state index in [4.69, 9.17) is 9.47 Å². The summed E-state index contributed by atoms with van der Waals surface area (Å²) < 4.78 is 11.5. The van der Waals surface area contributed by atoms with Crippen molar-refractivity contribution in [2.75, 3.05) is 19.8 Å². The van der Waals surface area contributed by atoms with Crippen LogP contribution in [-0.2, 0) is 9.47 Å². The molecule has 1 saturated heterocycles. The molecule has 6 heteroatoms. The molecule has 0 atom stereocenters. The number of ether oxygens (including phenoxy) is 2. The van der Waals surface area contributed by atoms with Gasteiger partial charge in [-0.05, 0) is 19.8 Å². The number of carbonyl (C=O) groups excluding carboxylic acids is 1. The Labute approximate surface area is 98.5 Å². The summed E-state index contributed by atoms with van der Waals surface area (Å²) in [5.74, 6) is -0.570. The fourth-order valence-corrected chi connectivity index (χ4v) is 1.95. The van der Waals surface area contributed by atoms with E-state index in [0.717, 1.165) is 12.8 Å². The number of hydrogen-bond donors (Lipinski definition) is 1. The summed E-state index contributed by atoms with van der Waals surface area (Å²) in [6.45, 7) is 3.26. The molecule has 2 rings (SSSR count). The average molecular weight is 240 g/mol. The average Bonchev–Trinajstić information content (AvgIpc) is 2.72. The van der Waals surface area contributed by atoms with E-state index >= 15 is 0 Å². The summed E-state index contributed by atoms with van der Waals surface area (Å²) in [6, 6.07) is 0.0828. The van der Waals surface area contributed by atoms with Crippen LogP contribution >= 0.6 is 0 Å². The minimum Gasteiger partial charge on any atom is -0.462 e. The lowest BCUT2D eigenvalue weighted by atomic mass is 10.1. The number of H-pyrrole nitrogens is 1. The van der Waals surface area contributed by atoms with Gasteiger partial charge in [0.15, 0.2) is 0 Å². The monoisotopic (exact) mass is 240 g/mol. The van der Waals surface area contributed by atoms with Gasteiger partial charge in [-0.1, -0.05) is 0 Å². The maximum absolute atomic E-state index is 12.0. The molecule has 17 heavy (non-hydrogen) atoms. The van der Waals surface area contributed by atoms with E-state index in [1.807, 2.05) is 0 Å². The molecule has 1 aromatic heterocycles. The zero-order chi connectivity index (χ0) is 12.3. The van der Waals surface area contributed by atoms with E-state index in [2.05, 4.69) is 5.10 Å². The summed E-state index contributed by atoms with van der Waals surface area (Å²) in [5, 5.41) is 2.83. The Hall–Kier alpha value is -1.56. The first-order valence-electron chi connectivity index (χ1n) is 5.78. The number of aromatic nitrogens is 2. The molecule has 1 fully saturated rings. The second-order valence-electron chi connectivity index (χ2n) is 3.93. The number of aromatic amines is 1. The van der Waals surface area contributed by atoms with Gasteiger partial charge in [-0.2, -0.15) is 0 Å². The molecule has 0 spiro atoms. The normalized spacial score (nSPS) is 17.0. The quantitative estimate of drug-likeness (QED) is 0.789. The third kappa shape index (κ3) is 2.41. The molecule has 94 valence electrons. The second-order valence-corrected chi connectivity index (χ2v) is 3.93. The van der Waals surface area contributed by atoms with E-state index in [1.165, 1.54) is 10.9 Å². The number of hydrogen-bond acceptors (Lipinski definition) is 4. The highest BCUT2D eigenvalue weighted by Gasteiger charge is 2.22. The van der Waals surface area contributed by atoms with Gasteiger partial charge in [-0.15, -0.1) is 0 Å². The lowest BCUT2D eigenvalue weighted by Crippen LogP contribution is -2.30. The van der Waals surface area contributed by atoms with Crippen LogP contribution < -0.4 is 5.56 Å². The number of nitrogens with one attached hydrogen (secondary N) is 1. The van der Waals surface area contributed by atoms with E-state index in [0.29, 0.717) is 13.2 Å². The van der Waals surface area contributed by atoms with E-state index in [9.17, 15) is 9.59 Å². The van der Waals surface area contributed by atoms with Gasteiger partial charge in [-0.3, -0.25) is 4.79 Å². The van der Waals surface area contributed by atoms with Crippen LogP contribution in [0, 0.1) is 0 Å². The number of carbonyl (C=O) groups is 1. The topological polar surface area (TPSA) is 73.3 Å². The summed E-state index contributed by atoms with van der Waals surface area (Å²) in [6.07, 6.45) is 2.97. The molecule has 2 heterocycles. The predicted molar refractivity (Wildman–Crippen MR) is 60.1 cm³/mol. The first-order chi connectivity index (χ1) is 8.24. The maximum Gasteiger partial charge on any atom is 0.345 e.